The Morgan fingerprint density at radius 2 is 1.32 bits per heavy atom. The van der Waals surface area contributed by atoms with Crippen LogP contribution in [-0.4, -0.2) is 60.5 Å². The van der Waals surface area contributed by atoms with Crippen molar-refractivity contribution in [2.75, 3.05) is 6.61 Å². The summed E-state index contributed by atoms with van der Waals surface area (Å²) in [6.07, 6.45) is -4.03. The fourth-order valence-corrected chi connectivity index (χ4v) is 2.63. The summed E-state index contributed by atoms with van der Waals surface area (Å²) >= 11 is 0. The van der Waals surface area contributed by atoms with Crippen LogP contribution < -0.4 is 15.2 Å². The Bertz CT molecular complexity index is 976. The molecule has 2 atom stereocenters. The highest BCUT2D eigenvalue weighted by atomic mass is 16.8. The second kappa shape index (κ2) is 13.8. The van der Waals surface area contributed by atoms with Gasteiger partial charge in [0.1, 0.15) is 30.0 Å². The van der Waals surface area contributed by atoms with Gasteiger partial charge in [0.15, 0.2) is 11.5 Å². The number of hydrogen-bond acceptors (Lipinski definition) is 12. The van der Waals surface area contributed by atoms with E-state index < -0.39 is 47.8 Å². The van der Waals surface area contributed by atoms with Crippen molar-refractivity contribution in [3.63, 3.8) is 0 Å². The minimum Gasteiger partial charge on any atom is -0.461 e. The van der Waals surface area contributed by atoms with Gasteiger partial charge in [-0.3, -0.25) is 4.79 Å². The van der Waals surface area contributed by atoms with E-state index in [4.69, 9.17) is 38.9 Å². The molecule has 12 nitrogen and oxygen atoms in total. The summed E-state index contributed by atoms with van der Waals surface area (Å²) in [7, 11) is 0. The molecule has 0 aromatic heterocycles. The number of carbonyl (C=O) groups excluding carboxylic acids is 4. The minimum absolute atomic E-state index is 0.0130. The molecule has 12 heteroatoms. The summed E-state index contributed by atoms with van der Waals surface area (Å²) in [5, 5.41) is 0. The number of hydrogen-bond donors (Lipinski definition) is 1. The van der Waals surface area contributed by atoms with E-state index in [0.29, 0.717) is 5.56 Å². The van der Waals surface area contributed by atoms with Crippen LogP contribution in [0.15, 0.2) is 18.2 Å². The Morgan fingerprint density at radius 3 is 1.82 bits per heavy atom. The summed E-state index contributed by atoms with van der Waals surface area (Å²) in [5.41, 5.74) is 4.80. The summed E-state index contributed by atoms with van der Waals surface area (Å²) in [6, 6.07) is 3.18. The molecule has 0 aliphatic carbocycles. The zero-order valence-corrected chi connectivity index (χ0v) is 23.4. The van der Waals surface area contributed by atoms with Gasteiger partial charge < -0.3 is 38.9 Å². The zero-order valence-electron chi connectivity index (χ0n) is 23.4. The fourth-order valence-electron chi connectivity index (χ4n) is 2.63. The van der Waals surface area contributed by atoms with E-state index in [0.717, 1.165) is 0 Å². The van der Waals surface area contributed by atoms with Crippen LogP contribution in [0.4, 0.5) is 14.4 Å². The molecule has 0 saturated heterocycles. The van der Waals surface area contributed by atoms with Crippen molar-refractivity contribution >= 4 is 24.4 Å². The van der Waals surface area contributed by atoms with Crippen LogP contribution in [0.5, 0.6) is 11.5 Å². The van der Waals surface area contributed by atoms with Gasteiger partial charge in [0.2, 0.25) is 0 Å². The van der Waals surface area contributed by atoms with Crippen molar-refractivity contribution in [2.24, 2.45) is 5.73 Å². The first-order chi connectivity index (χ1) is 17.3. The summed E-state index contributed by atoms with van der Waals surface area (Å²) in [6.45, 7) is 14.6. The van der Waals surface area contributed by atoms with Gasteiger partial charge in [-0.15, -0.1) is 0 Å². The predicted octanol–water partition coefficient (Wildman–Crippen LogP) is 4.68. The highest BCUT2D eigenvalue weighted by Gasteiger charge is 2.25. The maximum absolute atomic E-state index is 12.4. The molecule has 0 fully saturated rings. The summed E-state index contributed by atoms with van der Waals surface area (Å²) < 4.78 is 35.8. The lowest BCUT2D eigenvalue weighted by atomic mass is 10.1. The standard InChI is InChI=1S/C26H39NO11/c1-15(2)33-22(29)34-16(3)14-32-21(28)18(27)12-17-10-11-19(35-23(30)37-25(4,5)6)20(13-17)36-24(31)38-26(7,8)9/h10-11,13,15-16,18H,12,14,27H2,1-9H3/t16-,18-/m0/s1. The Labute approximate surface area is 223 Å². The molecule has 0 radical (unpaired) electrons. The van der Waals surface area contributed by atoms with Gasteiger partial charge >= 0.3 is 24.4 Å². The SMILES string of the molecule is CC(C)OC(=O)O[C@@H](C)COC(=O)[C@@H](N)Cc1ccc(OC(=O)OC(C)(C)C)c(OC(=O)OC(C)(C)C)c1. The van der Waals surface area contributed by atoms with Crippen molar-refractivity contribution in [3.8, 4) is 11.5 Å². The largest absolute Gasteiger partial charge is 0.514 e. The lowest BCUT2D eigenvalue weighted by Crippen LogP contribution is -2.36. The summed E-state index contributed by atoms with van der Waals surface area (Å²) in [4.78, 5) is 48.3. The zero-order chi connectivity index (χ0) is 29.3. The predicted molar refractivity (Wildman–Crippen MR) is 135 cm³/mol. The first kappa shape index (κ1) is 32.5. The fraction of sp³-hybridized carbons (Fsp3) is 0.615. The van der Waals surface area contributed by atoms with Crippen LogP contribution in [0.3, 0.4) is 0 Å². The third kappa shape index (κ3) is 13.7. The molecule has 1 rings (SSSR count). The van der Waals surface area contributed by atoms with Gasteiger partial charge in [-0.05, 0) is 86.4 Å². The topological polar surface area (TPSA) is 159 Å². The van der Waals surface area contributed by atoms with E-state index in [1.165, 1.54) is 25.1 Å². The molecule has 0 amide bonds. The van der Waals surface area contributed by atoms with E-state index >= 15 is 0 Å². The lowest BCUT2D eigenvalue weighted by Gasteiger charge is -2.21. The quantitative estimate of drug-likeness (QED) is 0.262. The van der Waals surface area contributed by atoms with E-state index in [2.05, 4.69) is 0 Å². The molecule has 1 aromatic carbocycles. The van der Waals surface area contributed by atoms with E-state index in [9.17, 15) is 19.2 Å². The number of rotatable bonds is 9. The lowest BCUT2D eigenvalue weighted by molar-refractivity contribution is -0.148. The van der Waals surface area contributed by atoms with Gasteiger partial charge in [0, 0.05) is 0 Å². The third-order valence-corrected chi connectivity index (χ3v) is 4.02. The maximum atomic E-state index is 12.4. The van der Waals surface area contributed by atoms with Gasteiger partial charge in [-0.25, -0.2) is 14.4 Å². The first-order valence-corrected chi connectivity index (χ1v) is 12.1. The average molecular weight is 542 g/mol. The van der Waals surface area contributed by atoms with Gasteiger partial charge in [-0.1, -0.05) is 6.07 Å². The van der Waals surface area contributed by atoms with Crippen LogP contribution in [-0.2, 0) is 34.9 Å². The van der Waals surface area contributed by atoms with E-state index in [1.54, 1.807) is 55.4 Å². The van der Waals surface area contributed by atoms with Crippen molar-refractivity contribution in [3.05, 3.63) is 23.8 Å². The van der Waals surface area contributed by atoms with Crippen molar-refractivity contribution in [2.45, 2.75) is 98.2 Å². The molecular weight excluding hydrogens is 502 g/mol. The van der Waals surface area contributed by atoms with Gasteiger partial charge in [0.05, 0.1) is 6.10 Å². The van der Waals surface area contributed by atoms with Crippen LogP contribution in [0.1, 0.15) is 67.9 Å². The number of carbonyl (C=O) groups is 4. The molecule has 0 bridgehead atoms. The molecule has 0 saturated carbocycles. The van der Waals surface area contributed by atoms with Crippen LogP contribution in [0.2, 0.25) is 0 Å². The van der Waals surface area contributed by atoms with Crippen LogP contribution in [0, 0.1) is 0 Å². The second-order valence-corrected chi connectivity index (χ2v) is 10.7. The monoisotopic (exact) mass is 541 g/mol. The van der Waals surface area contributed by atoms with Crippen LogP contribution in [0.25, 0.3) is 0 Å². The molecular formula is C26H39NO11. The minimum atomic E-state index is -1.10. The van der Waals surface area contributed by atoms with Gasteiger partial charge in [-0.2, -0.15) is 0 Å². The molecule has 0 heterocycles. The number of nitrogens with two attached hydrogens (primary N) is 1. The number of benzene rings is 1. The smallest absolute Gasteiger partial charge is 0.461 e. The molecule has 214 valence electrons. The molecule has 0 aliphatic rings. The van der Waals surface area contributed by atoms with E-state index in [1.807, 2.05) is 0 Å². The average Bonchev–Trinajstić information content (AvgIpc) is 2.70. The highest BCUT2D eigenvalue weighted by molar-refractivity contribution is 5.76. The summed E-state index contributed by atoms with van der Waals surface area (Å²) in [5.74, 6) is -1.00. The molecule has 1 aromatic rings. The Balaban J connectivity index is 2.92. The Morgan fingerprint density at radius 1 is 0.789 bits per heavy atom. The highest BCUT2D eigenvalue weighted by Crippen LogP contribution is 2.31. The Kier molecular flexibility index (Phi) is 11.8. The Hall–Kier alpha value is -3.54. The van der Waals surface area contributed by atoms with Gasteiger partial charge in [0.25, 0.3) is 0 Å². The van der Waals surface area contributed by atoms with E-state index in [-0.39, 0.29) is 30.6 Å². The molecule has 0 aliphatic heterocycles. The second-order valence-electron chi connectivity index (χ2n) is 10.7. The van der Waals surface area contributed by atoms with Crippen molar-refractivity contribution < 1.29 is 52.3 Å². The molecule has 0 spiro atoms. The molecule has 2 N–H and O–H groups in total. The van der Waals surface area contributed by atoms with Crippen LogP contribution >= 0.6 is 0 Å². The van der Waals surface area contributed by atoms with Crippen molar-refractivity contribution in [1.82, 2.24) is 0 Å². The molecule has 38 heavy (non-hydrogen) atoms. The number of ether oxygens (including phenoxy) is 7. The first-order valence-electron chi connectivity index (χ1n) is 12.1. The number of esters is 1. The maximum Gasteiger partial charge on any atom is 0.514 e. The van der Waals surface area contributed by atoms with Crippen molar-refractivity contribution in [1.29, 1.82) is 0 Å². The normalized spacial score (nSPS) is 13.1. The third-order valence-electron chi connectivity index (χ3n) is 4.02. The molecule has 0 unspecified atom stereocenters.